The van der Waals surface area contributed by atoms with Crippen LogP contribution in [0.15, 0.2) is 24.4 Å². The number of hydrogen-bond acceptors (Lipinski definition) is 2. The lowest BCUT2D eigenvalue weighted by atomic mass is 10.0. The summed E-state index contributed by atoms with van der Waals surface area (Å²) in [5.41, 5.74) is -3.29. The molecule has 0 spiro atoms. The van der Waals surface area contributed by atoms with Crippen LogP contribution in [0.5, 0.6) is 0 Å². The van der Waals surface area contributed by atoms with Gasteiger partial charge in [0, 0.05) is 0 Å². The molecule has 0 aliphatic rings. The van der Waals surface area contributed by atoms with Crippen LogP contribution < -0.4 is 0 Å². The second-order valence-electron chi connectivity index (χ2n) is 5.25. The van der Waals surface area contributed by atoms with Gasteiger partial charge in [-0.15, -0.1) is 0 Å². The van der Waals surface area contributed by atoms with Crippen molar-refractivity contribution < 1.29 is 30.7 Å². The Morgan fingerprint density at radius 1 is 0.840 bits per heavy atom. The maximum Gasteiger partial charge on any atom is 0.422 e. The van der Waals surface area contributed by atoms with E-state index in [9.17, 15) is 30.7 Å². The molecule has 130 valence electrons. The van der Waals surface area contributed by atoms with Gasteiger partial charge in [0.05, 0.1) is 28.5 Å². The van der Waals surface area contributed by atoms with Gasteiger partial charge < -0.3 is 0 Å². The van der Waals surface area contributed by atoms with Crippen molar-refractivity contribution in [3.05, 3.63) is 58.8 Å². The molecule has 25 heavy (non-hydrogen) atoms. The van der Waals surface area contributed by atoms with Gasteiger partial charge in [0.1, 0.15) is 5.56 Å². The van der Waals surface area contributed by atoms with Gasteiger partial charge in [-0.3, -0.25) is 4.98 Å². The van der Waals surface area contributed by atoms with E-state index in [1.165, 1.54) is 6.07 Å². The van der Waals surface area contributed by atoms with E-state index >= 15 is 0 Å². The predicted octanol–water partition coefficient (Wildman–Crippen LogP) is 5.18. The molecule has 9 heteroatoms. The van der Waals surface area contributed by atoms with Crippen molar-refractivity contribution >= 4 is 11.0 Å². The van der Waals surface area contributed by atoms with E-state index < -0.39 is 46.3 Å². The van der Waals surface area contributed by atoms with Crippen LogP contribution in [0, 0.1) is 30.2 Å². The maximum atomic E-state index is 14.0. The third-order valence-corrected chi connectivity index (χ3v) is 3.50. The number of rotatable bonds is 1. The number of halogens is 7. The van der Waals surface area contributed by atoms with Gasteiger partial charge in [0.2, 0.25) is 0 Å². The van der Waals surface area contributed by atoms with Crippen LogP contribution in [0.25, 0.3) is 22.3 Å². The summed E-state index contributed by atoms with van der Waals surface area (Å²) in [7, 11) is 0. The van der Waals surface area contributed by atoms with Gasteiger partial charge in [-0.05, 0) is 24.6 Å². The monoisotopic (exact) mass is 360 g/mol. The number of benzene rings is 2. The summed E-state index contributed by atoms with van der Waals surface area (Å²) in [6, 6.07) is 4.67. The summed E-state index contributed by atoms with van der Waals surface area (Å²) >= 11 is 0. The standard InChI is InChI=1S/C16H7F7N2/c1-6-2-3-7-8(4-6)24-5-9(25-7)10-12(17)14(19)11(16(21,22)23)15(20)13(10)18/h2-5H,1H3. The lowest BCUT2D eigenvalue weighted by molar-refractivity contribution is -0.143. The summed E-state index contributed by atoms with van der Waals surface area (Å²) in [6.45, 7) is 1.76. The van der Waals surface area contributed by atoms with E-state index in [2.05, 4.69) is 9.97 Å². The fraction of sp³-hybridized carbons (Fsp3) is 0.125. The zero-order valence-electron chi connectivity index (χ0n) is 12.3. The molecule has 2 aromatic carbocycles. The van der Waals surface area contributed by atoms with Gasteiger partial charge >= 0.3 is 6.18 Å². The van der Waals surface area contributed by atoms with Crippen molar-refractivity contribution in [3.63, 3.8) is 0 Å². The summed E-state index contributed by atoms with van der Waals surface area (Å²) in [5, 5.41) is 0. The molecule has 0 atom stereocenters. The van der Waals surface area contributed by atoms with E-state index in [0.717, 1.165) is 11.8 Å². The Bertz CT molecular complexity index is 967. The van der Waals surface area contributed by atoms with Crippen LogP contribution in [0.2, 0.25) is 0 Å². The molecule has 0 N–H and O–H groups in total. The largest absolute Gasteiger partial charge is 0.422 e. The minimum atomic E-state index is -5.60. The van der Waals surface area contributed by atoms with Crippen LogP contribution in [-0.2, 0) is 6.18 Å². The number of nitrogens with zero attached hydrogens (tertiary/aromatic N) is 2. The topological polar surface area (TPSA) is 25.8 Å². The average Bonchev–Trinajstić information content (AvgIpc) is 2.52. The minimum absolute atomic E-state index is 0.155. The number of aryl methyl sites for hydroxylation is 1. The molecule has 0 aliphatic carbocycles. The number of aromatic nitrogens is 2. The van der Waals surface area contributed by atoms with Crippen molar-refractivity contribution in [2.45, 2.75) is 13.1 Å². The van der Waals surface area contributed by atoms with Gasteiger partial charge in [-0.2, -0.15) is 13.2 Å². The zero-order valence-corrected chi connectivity index (χ0v) is 12.3. The van der Waals surface area contributed by atoms with Crippen LogP contribution in [0.1, 0.15) is 11.1 Å². The Hall–Kier alpha value is -2.71. The Balaban J connectivity index is 2.30. The molecule has 2 nitrogen and oxygen atoms in total. The quantitative estimate of drug-likeness (QED) is 0.441. The Labute approximate surface area is 135 Å². The summed E-state index contributed by atoms with van der Waals surface area (Å²) in [5.74, 6) is -9.45. The van der Waals surface area contributed by atoms with Crippen molar-refractivity contribution in [1.82, 2.24) is 9.97 Å². The fourth-order valence-electron chi connectivity index (χ4n) is 2.35. The molecule has 0 fully saturated rings. The SMILES string of the molecule is Cc1ccc2nc(-c3c(F)c(F)c(C(F)(F)F)c(F)c3F)cnc2c1. The molecule has 0 saturated carbocycles. The summed E-state index contributed by atoms with van der Waals surface area (Å²) in [4.78, 5) is 7.69. The number of fused-ring (bicyclic) bond motifs is 1. The second kappa shape index (κ2) is 5.68. The van der Waals surface area contributed by atoms with E-state index in [-0.39, 0.29) is 5.52 Å². The zero-order chi connectivity index (χ0) is 18.5. The normalized spacial score (nSPS) is 12.0. The molecule has 3 rings (SSSR count). The molecule has 0 aliphatic heterocycles. The number of hydrogen-bond donors (Lipinski definition) is 0. The highest BCUT2D eigenvalue weighted by Gasteiger charge is 2.42. The van der Waals surface area contributed by atoms with Crippen molar-refractivity contribution in [3.8, 4) is 11.3 Å². The highest BCUT2D eigenvalue weighted by molar-refractivity contribution is 5.78. The van der Waals surface area contributed by atoms with Crippen LogP contribution in [0.4, 0.5) is 30.7 Å². The third kappa shape index (κ3) is 2.79. The molecule has 1 heterocycles. The van der Waals surface area contributed by atoms with Crippen molar-refractivity contribution in [2.24, 2.45) is 0 Å². The molecule has 0 radical (unpaired) electrons. The molecule has 0 bridgehead atoms. The first-order chi connectivity index (χ1) is 11.6. The average molecular weight is 360 g/mol. The highest BCUT2D eigenvalue weighted by atomic mass is 19.4. The van der Waals surface area contributed by atoms with Crippen molar-refractivity contribution in [1.29, 1.82) is 0 Å². The highest BCUT2D eigenvalue weighted by Crippen LogP contribution is 2.39. The van der Waals surface area contributed by atoms with Gasteiger partial charge in [-0.1, -0.05) is 6.07 Å². The summed E-state index contributed by atoms with van der Waals surface area (Å²) in [6.07, 6.45) is -4.77. The Kier molecular flexibility index (Phi) is 3.89. The predicted molar refractivity (Wildman–Crippen MR) is 74.5 cm³/mol. The van der Waals surface area contributed by atoms with E-state index in [1.807, 2.05) is 0 Å². The Morgan fingerprint density at radius 2 is 1.44 bits per heavy atom. The van der Waals surface area contributed by atoms with Crippen LogP contribution >= 0.6 is 0 Å². The van der Waals surface area contributed by atoms with Gasteiger partial charge in [0.25, 0.3) is 0 Å². The van der Waals surface area contributed by atoms with E-state index in [0.29, 0.717) is 5.52 Å². The molecule has 0 amide bonds. The molecule has 0 unspecified atom stereocenters. The van der Waals surface area contributed by atoms with Crippen LogP contribution in [-0.4, -0.2) is 9.97 Å². The van der Waals surface area contributed by atoms with E-state index in [1.54, 1.807) is 19.1 Å². The molecule has 1 aromatic heterocycles. The lowest BCUT2D eigenvalue weighted by Gasteiger charge is -2.14. The maximum absolute atomic E-state index is 14.0. The molecular weight excluding hydrogens is 353 g/mol. The molecule has 3 aromatic rings. The van der Waals surface area contributed by atoms with Gasteiger partial charge in [0.15, 0.2) is 23.3 Å². The number of alkyl halides is 3. The Morgan fingerprint density at radius 3 is 2.00 bits per heavy atom. The summed E-state index contributed by atoms with van der Waals surface area (Å²) < 4.78 is 93.3. The minimum Gasteiger partial charge on any atom is -0.252 e. The first-order valence-electron chi connectivity index (χ1n) is 6.78. The first-order valence-corrected chi connectivity index (χ1v) is 6.78. The first kappa shape index (κ1) is 17.1. The van der Waals surface area contributed by atoms with Crippen molar-refractivity contribution in [2.75, 3.05) is 0 Å². The lowest BCUT2D eigenvalue weighted by Crippen LogP contribution is -2.16. The fourth-order valence-corrected chi connectivity index (χ4v) is 2.35. The third-order valence-electron chi connectivity index (χ3n) is 3.50. The molecular formula is C16H7F7N2. The van der Waals surface area contributed by atoms with Crippen LogP contribution in [0.3, 0.4) is 0 Å². The smallest absolute Gasteiger partial charge is 0.252 e. The second-order valence-corrected chi connectivity index (χ2v) is 5.25. The molecule has 0 saturated heterocycles. The van der Waals surface area contributed by atoms with Gasteiger partial charge in [-0.25, -0.2) is 22.5 Å². The van der Waals surface area contributed by atoms with E-state index in [4.69, 9.17) is 0 Å².